The van der Waals surface area contributed by atoms with Crippen LogP contribution in [0.4, 0.5) is 0 Å². The molecule has 50 heavy (non-hydrogen) atoms. The summed E-state index contributed by atoms with van der Waals surface area (Å²) in [7, 11) is 3.13. The van der Waals surface area contributed by atoms with Gasteiger partial charge in [0.05, 0.1) is 38.2 Å². The van der Waals surface area contributed by atoms with Crippen LogP contribution in [0.15, 0.2) is 54.7 Å². The van der Waals surface area contributed by atoms with Gasteiger partial charge in [-0.2, -0.15) is 0 Å². The first-order valence-electron chi connectivity index (χ1n) is 16.8. The zero-order valence-electron chi connectivity index (χ0n) is 29.2. The molecular weight excluding hydrogens is 644 g/mol. The van der Waals surface area contributed by atoms with Crippen molar-refractivity contribution in [1.29, 1.82) is 0 Å². The molecule has 15 nitrogen and oxygen atoms in total. The number of hydrogen-bond acceptors (Lipinski definition) is 10. The number of benzene rings is 2. The fourth-order valence-corrected chi connectivity index (χ4v) is 5.92. The lowest BCUT2D eigenvalue weighted by molar-refractivity contribution is -0.142. The van der Waals surface area contributed by atoms with Gasteiger partial charge in [-0.3, -0.25) is 24.1 Å². The molecule has 1 aromatic heterocycles. The third-order valence-corrected chi connectivity index (χ3v) is 8.95. The molecule has 0 spiro atoms. The fraction of sp³-hybridized carbons (Fsp3) is 0.486. The molecule has 1 saturated heterocycles. The predicted octanol–water partition coefficient (Wildman–Crippen LogP) is 1.23. The average Bonchev–Trinajstić information content (AvgIpc) is 3.62. The van der Waals surface area contributed by atoms with Crippen LogP contribution in [0, 0.1) is 5.92 Å². The van der Waals surface area contributed by atoms with Crippen LogP contribution >= 0.6 is 0 Å². The maximum absolute atomic E-state index is 14.1. The van der Waals surface area contributed by atoms with Crippen LogP contribution in [0.2, 0.25) is 0 Å². The zero-order chi connectivity index (χ0) is 35.8. The molecule has 268 valence electrons. The Morgan fingerprint density at radius 2 is 1.74 bits per heavy atom. The third kappa shape index (κ3) is 8.76. The van der Waals surface area contributed by atoms with E-state index in [2.05, 4.69) is 25.8 Å². The summed E-state index contributed by atoms with van der Waals surface area (Å²) in [6.07, 6.45) is 0.334. The number of amides is 4. The van der Waals surface area contributed by atoms with Crippen LogP contribution in [0.3, 0.4) is 0 Å². The highest BCUT2D eigenvalue weighted by Crippen LogP contribution is 2.30. The van der Waals surface area contributed by atoms with Crippen molar-refractivity contribution >= 4 is 23.6 Å². The van der Waals surface area contributed by atoms with Gasteiger partial charge in [-0.25, -0.2) is 4.68 Å². The molecule has 1 fully saturated rings. The Labute approximate surface area is 291 Å². The van der Waals surface area contributed by atoms with E-state index in [0.717, 1.165) is 6.54 Å². The lowest BCUT2D eigenvalue weighted by Gasteiger charge is -2.37. The van der Waals surface area contributed by atoms with Crippen LogP contribution in [0.5, 0.6) is 11.5 Å². The normalized spacial score (nSPS) is 20.8. The first kappa shape index (κ1) is 36.3. The van der Waals surface area contributed by atoms with Gasteiger partial charge in [-0.1, -0.05) is 37.3 Å². The summed E-state index contributed by atoms with van der Waals surface area (Å²) in [6.45, 7) is 8.75. The minimum Gasteiger partial charge on any atom is -0.493 e. The van der Waals surface area contributed by atoms with Crippen molar-refractivity contribution in [3.05, 3.63) is 66.0 Å². The quantitative estimate of drug-likeness (QED) is 0.352. The second-order valence-electron chi connectivity index (χ2n) is 12.8. The molecule has 2 aromatic carbocycles. The number of aromatic nitrogens is 3. The van der Waals surface area contributed by atoms with Crippen molar-refractivity contribution < 1.29 is 33.4 Å². The average molecular weight is 691 g/mol. The second-order valence-corrected chi connectivity index (χ2v) is 12.8. The molecule has 0 saturated carbocycles. The van der Waals surface area contributed by atoms with Crippen LogP contribution < -0.4 is 20.1 Å². The monoisotopic (exact) mass is 690 g/mol. The van der Waals surface area contributed by atoms with E-state index in [9.17, 15) is 19.2 Å². The highest BCUT2D eigenvalue weighted by molar-refractivity contribution is 5.96. The van der Waals surface area contributed by atoms with E-state index in [0.29, 0.717) is 44.2 Å². The van der Waals surface area contributed by atoms with Gasteiger partial charge in [0, 0.05) is 58.0 Å². The molecule has 2 bridgehead atoms. The first-order chi connectivity index (χ1) is 24.1. The Balaban J connectivity index is 1.45. The summed E-state index contributed by atoms with van der Waals surface area (Å²) in [5, 5.41) is 14.1. The number of nitrogens with zero attached hydrogens (tertiary/aromatic N) is 6. The Kier molecular flexibility index (Phi) is 12.0. The van der Waals surface area contributed by atoms with Crippen molar-refractivity contribution in [2.24, 2.45) is 5.92 Å². The van der Waals surface area contributed by atoms with E-state index in [1.807, 2.05) is 44.2 Å². The number of piperazine rings is 1. The number of ether oxygens (including phenoxy) is 3. The fourth-order valence-electron chi connectivity index (χ4n) is 5.92. The Morgan fingerprint density at radius 3 is 2.42 bits per heavy atom. The summed E-state index contributed by atoms with van der Waals surface area (Å²) in [6, 6.07) is 12.6. The highest BCUT2D eigenvalue weighted by Gasteiger charge is 2.36. The van der Waals surface area contributed by atoms with Gasteiger partial charge < -0.3 is 34.6 Å². The third-order valence-electron chi connectivity index (χ3n) is 8.95. The molecule has 2 aliphatic rings. The van der Waals surface area contributed by atoms with Crippen molar-refractivity contribution in [3.8, 4) is 17.2 Å². The van der Waals surface area contributed by atoms with E-state index < -0.39 is 35.9 Å². The SMILES string of the molecule is COCCN1CCN(C(=O)[C@@H]2Oc3cc(ccc3OC)C(=O)N[C@@H](C(C)C)CN(C(=O)c3cn(-c4ccccc4)nn3)CC(=O)N[C@H]2C)CC1. The topological polar surface area (TPSA) is 160 Å². The second kappa shape index (κ2) is 16.6. The number of para-hydroxylation sites is 1. The molecule has 3 heterocycles. The van der Waals surface area contributed by atoms with E-state index in [-0.39, 0.29) is 41.9 Å². The molecule has 3 atom stereocenters. The standard InChI is InChI=1S/C35H46N8O7/c1-23(2)27-20-42(34(46)28-21-43(39-38-28)26-9-7-6-8-10-26)22-31(44)36-24(3)32(35(47)41-15-13-40(14-16-41)17-18-48-4)50-30-19-25(33(45)37-27)11-12-29(30)49-5/h6-12,19,21,23-24,27,32H,13-18,20,22H2,1-5H3,(H,36,44)(H,37,45)/t24-,27+,32+/m0/s1. The number of rotatable bonds is 8. The minimum absolute atomic E-state index is 0.0114. The largest absolute Gasteiger partial charge is 0.493 e. The van der Waals surface area contributed by atoms with Gasteiger partial charge in [0.1, 0.15) is 0 Å². The molecule has 4 amide bonds. The Morgan fingerprint density at radius 1 is 1.00 bits per heavy atom. The number of nitrogens with one attached hydrogen (secondary N) is 2. The maximum atomic E-state index is 14.1. The number of fused-ring (bicyclic) bond motifs is 2. The number of methoxy groups -OCH3 is 2. The molecule has 0 aliphatic carbocycles. The summed E-state index contributed by atoms with van der Waals surface area (Å²) < 4.78 is 18.6. The Bertz CT molecular complexity index is 1640. The van der Waals surface area contributed by atoms with E-state index in [4.69, 9.17) is 14.2 Å². The van der Waals surface area contributed by atoms with Gasteiger partial charge in [0.25, 0.3) is 17.7 Å². The molecule has 0 radical (unpaired) electrons. The van der Waals surface area contributed by atoms with Gasteiger partial charge >= 0.3 is 0 Å². The smallest absolute Gasteiger partial charge is 0.276 e. The van der Waals surface area contributed by atoms with Gasteiger partial charge in [-0.15, -0.1) is 5.10 Å². The zero-order valence-corrected chi connectivity index (χ0v) is 29.2. The maximum Gasteiger partial charge on any atom is 0.276 e. The molecule has 2 aliphatic heterocycles. The lowest BCUT2D eigenvalue weighted by atomic mass is 10.0. The van der Waals surface area contributed by atoms with Gasteiger partial charge in [-0.05, 0) is 43.2 Å². The summed E-state index contributed by atoms with van der Waals surface area (Å²) >= 11 is 0. The number of carbonyl (C=O) groups is 4. The van der Waals surface area contributed by atoms with Crippen LogP contribution in [0.1, 0.15) is 41.6 Å². The number of carbonyl (C=O) groups excluding carboxylic acids is 4. The lowest BCUT2D eigenvalue weighted by Crippen LogP contribution is -2.58. The molecule has 2 N–H and O–H groups in total. The summed E-state index contributed by atoms with van der Waals surface area (Å²) in [4.78, 5) is 60.7. The van der Waals surface area contributed by atoms with E-state index >= 15 is 0 Å². The van der Waals surface area contributed by atoms with Gasteiger partial charge in [0.15, 0.2) is 23.3 Å². The van der Waals surface area contributed by atoms with Crippen LogP contribution in [-0.2, 0) is 14.3 Å². The first-order valence-corrected chi connectivity index (χ1v) is 16.8. The van der Waals surface area contributed by atoms with Crippen LogP contribution in [-0.4, -0.2) is 138 Å². The number of hydrogen-bond donors (Lipinski definition) is 2. The minimum atomic E-state index is -1.17. The van der Waals surface area contributed by atoms with E-state index in [1.54, 1.807) is 31.1 Å². The van der Waals surface area contributed by atoms with Crippen molar-refractivity contribution in [2.75, 3.05) is 66.6 Å². The molecule has 5 rings (SSSR count). The van der Waals surface area contributed by atoms with Crippen molar-refractivity contribution in [3.63, 3.8) is 0 Å². The molecule has 3 aromatic rings. The molecule has 0 unspecified atom stereocenters. The molecular formula is C35H46N8O7. The van der Waals surface area contributed by atoms with Gasteiger partial charge in [0.2, 0.25) is 5.91 Å². The summed E-state index contributed by atoms with van der Waals surface area (Å²) in [5.41, 5.74) is 1.03. The highest BCUT2D eigenvalue weighted by atomic mass is 16.5. The van der Waals surface area contributed by atoms with Crippen molar-refractivity contribution in [1.82, 2.24) is 40.3 Å². The van der Waals surface area contributed by atoms with Crippen LogP contribution in [0.25, 0.3) is 5.69 Å². The Hall–Kier alpha value is -5.02. The van der Waals surface area contributed by atoms with Crippen molar-refractivity contribution in [2.45, 2.75) is 39.0 Å². The predicted molar refractivity (Wildman–Crippen MR) is 183 cm³/mol. The van der Waals surface area contributed by atoms with E-state index in [1.165, 1.54) is 29.0 Å². The molecule has 15 heteroatoms. The summed E-state index contributed by atoms with van der Waals surface area (Å²) in [5.74, 6) is -1.38.